The molecule has 2 aromatic rings. The van der Waals surface area contributed by atoms with Gasteiger partial charge in [0, 0.05) is 30.2 Å². The quantitative estimate of drug-likeness (QED) is 0.784. The summed E-state index contributed by atoms with van der Waals surface area (Å²) in [6, 6.07) is 10.6. The second kappa shape index (κ2) is 7.60. The molecule has 0 saturated carbocycles. The maximum Gasteiger partial charge on any atom is 0.0631 e. The van der Waals surface area contributed by atoms with Gasteiger partial charge in [0.25, 0.3) is 0 Å². The largest absolute Gasteiger partial charge is 0.316 e. The number of halogens is 1. The summed E-state index contributed by atoms with van der Waals surface area (Å²) in [5, 5.41) is 8.04. The summed E-state index contributed by atoms with van der Waals surface area (Å²) >= 11 is 3.67. The van der Waals surface area contributed by atoms with Crippen molar-refractivity contribution in [3.05, 3.63) is 52.3 Å². The lowest BCUT2D eigenvalue weighted by molar-refractivity contribution is 0.566. The topological polar surface area (TPSA) is 29.9 Å². The van der Waals surface area contributed by atoms with Gasteiger partial charge >= 0.3 is 0 Å². The zero-order chi connectivity index (χ0) is 14.4. The molecule has 0 aliphatic carbocycles. The lowest BCUT2D eigenvalue weighted by atomic mass is 9.94. The summed E-state index contributed by atoms with van der Waals surface area (Å²) in [6.07, 6.45) is 4.12. The average Bonchev–Trinajstić information content (AvgIpc) is 2.84. The number of hydrogen-bond acceptors (Lipinski definition) is 2. The molecule has 0 aliphatic heterocycles. The van der Waals surface area contributed by atoms with Crippen LogP contribution in [-0.2, 0) is 13.5 Å². The Labute approximate surface area is 129 Å². The minimum Gasteiger partial charge on any atom is -0.316 e. The molecule has 3 nitrogen and oxygen atoms in total. The van der Waals surface area contributed by atoms with E-state index in [0.29, 0.717) is 5.92 Å². The SMILES string of the molecule is CCCNCC(Cc1ccn(C)n1)c1ccccc1Br. The normalized spacial score (nSPS) is 12.6. The predicted octanol–water partition coefficient (Wildman–Crippen LogP) is 3.51. The minimum atomic E-state index is 0.437. The first-order valence-corrected chi connectivity index (χ1v) is 7.93. The predicted molar refractivity (Wildman–Crippen MR) is 87.0 cm³/mol. The van der Waals surface area contributed by atoms with Crippen LogP contribution in [0, 0.1) is 0 Å². The van der Waals surface area contributed by atoms with Gasteiger partial charge in [-0.2, -0.15) is 5.10 Å². The van der Waals surface area contributed by atoms with E-state index in [1.165, 1.54) is 10.0 Å². The van der Waals surface area contributed by atoms with Gasteiger partial charge in [-0.3, -0.25) is 4.68 Å². The van der Waals surface area contributed by atoms with Crippen LogP contribution in [0.5, 0.6) is 0 Å². The van der Waals surface area contributed by atoms with E-state index in [9.17, 15) is 0 Å². The fourth-order valence-corrected chi connectivity index (χ4v) is 2.98. The van der Waals surface area contributed by atoms with Crippen molar-refractivity contribution in [3.63, 3.8) is 0 Å². The number of aromatic nitrogens is 2. The van der Waals surface area contributed by atoms with Crippen molar-refractivity contribution in [1.29, 1.82) is 0 Å². The highest BCUT2D eigenvalue weighted by Gasteiger charge is 2.16. The smallest absolute Gasteiger partial charge is 0.0631 e. The first-order chi connectivity index (χ1) is 9.70. The van der Waals surface area contributed by atoms with Crippen molar-refractivity contribution in [2.75, 3.05) is 13.1 Å². The van der Waals surface area contributed by atoms with E-state index in [1.54, 1.807) is 0 Å². The third kappa shape index (κ3) is 4.18. The lowest BCUT2D eigenvalue weighted by Gasteiger charge is -2.18. The molecule has 1 N–H and O–H groups in total. The molecule has 0 fully saturated rings. The second-order valence-corrected chi connectivity index (χ2v) is 5.96. The van der Waals surface area contributed by atoms with Gasteiger partial charge < -0.3 is 5.32 Å². The molecule has 1 aromatic heterocycles. The van der Waals surface area contributed by atoms with Gasteiger partial charge in [-0.15, -0.1) is 0 Å². The Hall–Kier alpha value is -1.13. The van der Waals surface area contributed by atoms with Gasteiger partial charge in [-0.25, -0.2) is 0 Å². The second-order valence-electron chi connectivity index (χ2n) is 5.11. The molecular formula is C16H22BrN3. The number of aryl methyl sites for hydroxylation is 1. The van der Waals surface area contributed by atoms with Crippen LogP contribution in [0.1, 0.15) is 30.5 Å². The molecule has 0 radical (unpaired) electrons. The number of nitrogens with zero attached hydrogens (tertiary/aromatic N) is 2. The number of hydrogen-bond donors (Lipinski definition) is 1. The molecule has 4 heteroatoms. The van der Waals surface area contributed by atoms with Crippen LogP contribution in [0.2, 0.25) is 0 Å². The van der Waals surface area contributed by atoms with Gasteiger partial charge in [-0.05, 0) is 37.1 Å². The molecular weight excluding hydrogens is 314 g/mol. The Kier molecular flexibility index (Phi) is 5.80. The van der Waals surface area contributed by atoms with Crippen LogP contribution in [0.3, 0.4) is 0 Å². The van der Waals surface area contributed by atoms with Gasteiger partial charge in [-0.1, -0.05) is 41.1 Å². The van der Waals surface area contributed by atoms with Crippen LogP contribution >= 0.6 is 15.9 Å². The van der Waals surface area contributed by atoms with E-state index >= 15 is 0 Å². The van der Waals surface area contributed by atoms with Gasteiger partial charge in [0.15, 0.2) is 0 Å². The Balaban J connectivity index is 2.13. The summed E-state index contributed by atoms with van der Waals surface area (Å²) in [6.45, 7) is 4.23. The standard InChI is InChI=1S/C16H22BrN3/c1-3-9-18-12-13(11-14-8-10-20(2)19-14)15-6-4-5-7-16(15)17/h4-8,10,13,18H,3,9,11-12H2,1-2H3. The molecule has 108 valence electrons. The fourth-order valence-electron chi connectivity index (χ4n) is 2.38. The monoisotopic (exact) mass is 335 g/mol. The molecule has 2 rings (SSSR count). The van der Waals surface area contributed by atoms with Crippen molar-refractivity contribution in [1.82, 2.24) is 15.1 Å². The Bertz CT molecular complexity index is 536. The number of benzene rings is 1. The fraction of sp³-hybridized carbons (Fsp3) is 0.438. The van der Waals surface area contributed by atoms with Crippen molar-refractivity contribution < 1.29 is 0 Å². The first kappa shape index (κ1) is 15.3. The van der Waals surface area contributed by atoms with E-state index < -0.39 is 0 Å². The van der Waals surface area contributed by atoms with Crippen LogP contribution < -0.4 is 5.32 Å². The summed E-state index contributed by atoms with van der Waals surface area (Å²) < 4.78 is 3.05. The van der Waals surface area contributed by atoms with Gasteiger partial charge in [0.2, 0.25) is 0 Å². The molecule has 0 amide bonds. The molecule has 1 unspecified atom stereocenters. The molecule has 1 heterocycles. The third-order valence-corrected chi connectivity index (χ3v) is 4.11. The Morgan fingerprint density at radius 1 is 1.30 bits per heavy atom. The first-order valence-electron chi connectivity index (χ1n) is 7.14. The average molecular weight is 336 g/mol. The summed E-state index contributed by atoms with van der Waals surface area (Å²) in [5.74, 6) is 0.437. The molecule has 20 heavy (non-hydrogen) atoms. The van der Waals surface area contributed by atoms with E-state index in [1.807, 2.05) is 17.9 Å². The maximum atomic E-state index is 4.51. The lowest BCUT2D eigenvalue weighted by Crippen LogP contribution is -2.24. The molecule has 0 bridgehead atoms. The minimum absolute atomic E-state index is 0.437. The molecule has 0 aliphatic rings. The van der Waals surface area contributed by atoms with E-state index in [4.69, 9.17) is 0 Å². The van der Waals surface area contributed by atoms with Crippen LogP contribution in [0.25, 0.3) is 0 Å². The summed E-state index contributed by atoms with van der Waals surface area (Å²) in [5.41, 5.74) is 2.49. The van der Waals surface area contributed by atoms with E-state index in [0.717, 1.165) is 31.6 Å². The molecule has 0 spiro atoms. The Morgan fingerprint density at radius 2 is 2.10 bits per heavy atom. The zero-order valence-electron chi connectivity index (χ0n) is 12.1. The molecule has 0 saturated heterocycles. The third-order valence-electron chi connectivity index (χ3n) is 3.39. The van der Waals surface area contributed by atoms with Crippen molar-refractivity contribution >= 4 is 15.9 Å². The van der Waals surface area contributed by atoms with Gasteiger partial charge in [0.1, 0.15) is 0 Å². The maximum absolute atomic E-state index is 4.51. The molecule has 1 atom stereocenters. The molecule has 1 aromatic carbocycles. The number of nitrogens with one attached hydrogen (secondary N) is 1. The van der Waals surface area contributed by atoms with E-state index in [2.05, 4.69) is 63.6 Å². The van der Waals surface area contributed by atoms with Crippen LogP contribution in [0.15, 0.2) is 41.0 Å². The van der Waals surface area contributed by atoms with Crippen molar-refractivity contribution in [3.8, 4) is 0 Å². The highest BCUT2D eigenvalue weighted by atomic mass is 79.9. The van der Waals surface area contributed by atoms with E-state index in [-0.39, 0.29) is 0 Å². The van der Waals surface area contributed by atoms with Crippen molar-refractivity contribution in [2.24, 2.45) is 7.05 Å². The van der Waals surface area contributed by atoms with Crippen molar-refractivity contribution in [2.45, 2.75) is 25.7 Å². The highest BCUT2D eigenvalue weighted by Crippen LogP contribution is 2.27. The summed E-state index contributed by atoms with van der Waals surface area (Å²) in [4.78, 5) is 0. The summed E-state index contributed by atoms with van der Waals surface area (Å²) in [7, 11) is 1.96. The zero-order valence-corrected chi connectivity index (χ0v) is 13.7. The van der Waals surface area contributed by atoms with Crippen LogP contribution in [-0.4, -0.2) is 22.9 Å². The number of rotatable bonds is 7. The van der Waals surface area contributed by atoms with Gasteiger partial charge in [0.05, 0.1) is 5.69 Å². The highest BCUT2D eigenvalue weighted by molar-refractivity contribution is 9.10. The van der Waals surface area contributed by atoms with Crippen LogP contribution in [0.4, 0.5) is 0 Å². The Morgan fingerprint density at radius 3 is 2.75 bits per heavy atom.